The van der Waals surface area contributed by atoms with Gasteiger partial charge in [0.15, 0.2) is 0 Å². The minimum absolute atomic E-state index is 0.159. The van der Waals surface area contributed by atoms with Crippen LogP contribution in [0.3, 0.4) is 0 Å². The van der Waals surface area contributed by atoms with Gasteiger partial charge in [-0.05, 0) is 90.1 Å². The topological polar surface area (TPSA) is 0 Å². The van der Waals surface area contributed by atoms with Crippen LogP contribution in [-0.2, 0) is 23.7 Å². The number of fused-ring (bicyclic) bond motifs is 9. The second-order valence-corrected chi connectivity index (χ2v) is 11.9. The molecule has 0 aliphatic heterocycles. The molecule has 4 aromatic carbocycles. The number of hydrogen-bond donors (Lipinski definition) is 0. The first-order valence-electron chi connectivity index (χ1n) is 12.0. The molecular weight excluding hydrogens is 384 g/mol. The van der Waals surface area contributed by atoms with Gasteiger partial charge >= 0.3 is 0 Å². The lowest BCUT2D eigenvalue weighted by Gasteiger charge is -2.21. The summed E-state index contributed by atoms with van der Waals surface area (Å²) >= 11 is 0. The Labute approximate surface area is 192 Å². The molecule has 0 saturated carbocycles. The van der Waals surface area contributed by atoms with Gasteiger partial charge in [-0.1, -0.05) is 102 Å². The molecule has 0 N–H and O–H groups in total. The summed E-state index contributed by atoms with van der Waals surface area (Å²) in [4.78, 5) is 0. The molecule has 4 aromatic rings. The van der Waals surface area contributed by atoms with E-state index in [0.717, 1.165) is 12.8 Å². The predicted molar refractivity (Wildman–Crippen MR) is 138 cm³/mol. The van der Waals surface area contributed by atoms with E-state index in [1.54, 1.807) is 0 Å². The molecule has 0 fully saturated rings. The molecule has 0 heteroatoms. The second kappa shape index (κ2) is 6.35. The minimum Gasteiger partial charge on any atom is -0.0582 e. The van der Waals surface area contributed by atoms with Crippen LogP contribution >= 0.6 is 0 Å². The Bertz CT molecular complexity index is 1310. The molecule has 0 saturated heterocycles. The van der Waals surface area contributed by atoms with Gasteiger partial charge in [-0.25, -0.2) is 0 Å². The predicted octanol–water partition coefficient (Wildman–Crippen LogP) is 8.58. The van der Waals surface area contributed by atoms with Crippen LogP contribution in [-0.4, -0.2) is 0 Å². The van der Waals surface area contributed by atoms with Gasteiger partial charge < -0.3 is 0 Å². The lowest BCUT2D eigenvalue weighted by molar-refractivity contribution is 0.590. The van der Waals surface area contributed by atoms with Crippen LogP contribution in [0.15, 0.2) is 60.7 Å². The Morgan fingerprint density at radius 2 is 0.844 bits per heavy atom. The lowest BCUT2D eigenvalue weighted by atomic mass is 9.84. The first kappa shape index (κ1) is 19.8. The molecule has 6 rings (SSSR count). The largest absolute Gasteiger partial charge is 0.0582 e. The van der Waals surface area contributed by atoms with Crippen molar-refractivity contribution in [2.45, 2.75) is 65.2 Å². The Kier molecular flexibility index (Phi) is 3.93. The smallest absolute Gasteiger partial charge is 0.00132 e. The normalized spacial score (nSPS) is 14.3. The van der Waals surface area contributed by atoms with Gasteiger partial charge in [0.2, 0.25) is 0 Å². The van der Waals surface area contributed by atoms with E-state index in [-0.39, 0.29) is 10.8 Å². The van der Waals surface area contributed by atoms with E-state index in [2.05, 4.69) is 102 Å². The molecule has 0 amide bonds. The van der Waals surface area contributed by atoms with Crippen molar-refractivity contribution in [2.75, 3.05) is 0 Å². The molecule has 0 radical (unpaired) electrons. The van der Waals surface area contributed by atoms with E-state index in [1.165, 1.54) is 66.4 Å². The maximum Gasteiger partial charge on any atom is -0.00132 e. The third-order valence-corrected chi connectivity index (χ3v) is 7.63. The summed E-state index contributed by atoms with van der Waals surface area (Å²) < 4.78 is 0. The molecule has 32 heavy (non-hydrogen) atoms. The second-order valence-electron chi connectivity index (χ2n) is 11.9. The van der Waals surface area contributed by atoms with Crippen LogP contribution in [0.1, 0.15) is 74.9 Å². The fourth-order valence-corrected chi connectivity index (χ4v) is 5.70. The van der Waals surface area contributed by atoms with E-state index in [0.29, 0.717) is 0 Å². The van der Waals surface area contributed by atoms with E-state index in [1.807, 2.05) is 0 Å². The first-order chi connectivity index (χ1) is 15.1. The van der Waals surface area contributed by atoms with Crippen LogP contribution < -0.4 is 0 Å². The zero-order valence-corrected chi connectivity index (χ0v) is 20.2. The first-order valence-corrected chi connectivity index (χ1v) is 12.0. The molecule has 0 unspecified atom stereocenters. The fraction of sp³-hybridized carbons (Fsp3) is 0.312. The van der Waals surface area contributed by atoms with Crippen LogP contribution in [0.4, 0.5) is 0 Å². The van der Waals surface area contributed by atoms with Crippen molar-refractivity contribution in [1.82, 2.24) is 0 Å². The average Bonchev–Trinajstić information content (AvgIpc) is 3.29. The summed E-state index contributed by atoms with van der Waals surface area (Å²) in [6, 6.07) is 23.9. The third kappa shape index (κ3) is 2.82. The maximum absolute atomic E-state index is 2.46. The van der Waals surface area contributed by atoms with Gasteiger partial charge in [-0.15, -0.1) is 0 Å². The highest BCUT2D eigenvalue weighted by Gasteiger charge is 2.28. The third-order valence-electron chi connectivity index (χ3n) is 7.63. The fourth-order valence-electron chi connectivity index (χ4n) is 5.70. The van der Waals surface area contributed by atoms with Gasteiger partial charge in [0.25, 0.3) is 0 Å². The molecule has 2 aliphatic carbocycles. The van der Waals surface area contributed by atoms with E-state index < -0.39 is 0 Å². The molecule has 2 aliphatic rings. The molecule has 0 aromatic heterocycles. The average molecular weight is 417 g/mol. The minimum atomic E-state index is 0.159. The Morgan fingerprint density at radius 3 is 1.22 bits per heavy atom. The molecule has 160 valence electrons. The molecule has 0 atom stereocenters. The molecule has 0 nitrogen and oxygen atoms in total. The molecule has 0 spiro atoms. The summed E-state index contributed by atoms with van der Waals surface area (Å²) in [6.07, 6.45) is 2.10. The van der Waals surface area contributed by atoms with Gasteiger partial charge in [-0.2, -0.15) is 0 Å². The van der Waals surface area contributed by atoms with Crippen LogP contribution in [0.5, 0.6) is 0 Å². The lowest BCUT2D eigenvalue weighted by Crippen LogP contribution is -2.11. The van der Waals surface area contributed by atoms with Gasteiger partial charge in [0, 0.05) is 0 Å². The van der Waals surface area contributed by atoms with Crippen LogP contribution in [0.2, 0.25) is 0 Å². The van der Waals surface area contributed by atoms with Crippen molar-refractivity contribution >= 4 is 10.8 Å². The molecule has 0 bridgehead atoms. The molecule has 0 heterocycles. The van der Waals surface area contributed by atoms with Crippen molar-refractivity contribution in [3.8, 4) is 22.3 Å². The van der Waals surface area contributed by atoms with E-state index in [4.69, 9.17) is 0 Å². The summed E-state index contributed by atoms with van der Waals surface area (Å²) in [5.74, 6) is 0. The van der Waals surface area contributed by atoms with Gasteiger partial charge in [-0.3, -0.25) is 0 Å². The van der Waals surface area contributed by atoms with E-state index in [9.17, 15) is 0 Å². The van der Waals surface area contributed by atoms with Crippen LogP contribution in [0, 0.1) is 0 Å². The number of rotatable bonds is 0. The van der Waals surface area contributed by atoms with Crippen molar-refractivity contribution in [1.29, 1.82) is 0 Å². The van der Waals surface area contributed by atoms with E-state index >= 15 is 0 Å². The maximum atomic E-state index is 2.46. The van der Waals surface area contributed by atoms with Crippen molar-refractivity contribution in [3.05, 3.63) is 94.0 Å². The Hall–Kier alpha value is -2.86. The van der Waals surface area contributed by atoms with Crippen molar-refractivity contribution in [3.63, 3.8) is 0 Å². The van der Waals surface area contributed by atoms with Gasteiger partial charge in [0.1, 0.15) is 0 Å². The summed E-state index contributed by atoms with van der Waals surface area (Å²) in [5, 5.41) is 2.83. The monoisotopic (exact) mass is 416 g/mol. The van der Waals surface area contributed by atoms with Crippen LogP contribution in [0.25, 0.3) is 33.0 Å². The highest BCUT2D eigenvalue weighted by molar-refractivity contribution is 6.09. The zero-order valence-electron chi connectivity index (χ0n) is 20.2. The zero-order chi connectivity index (χ0) is 22.4. The number of hydrogen-bond acceptors (Lipinski definition) is 0. The standard InChI is InChI=1S/C32H32/c1-31(2,3)23-11-7-19-15-21-9-14-26-25(29(21)27(19)17-23)13-10-22-16-20-8-12-24(32(4,5)6)18-28(20)30(22)26/h7-14,17-18H,15-16H2,1-6H3. The molecular formula is C32H32. The highest BCUT2D eigenvalue weighted by Crippen LogP contribution is 2.48. The van der Waals surface area contributed by atoms with Crippen molar-refractivity contribution < 1.29 is 0 Å². The van der Waals surface area contributed by atoms with Gasteiger partial charge in [0.05, 0.1) is 0 Å². The van der Waals surface area contributed by atoms with Crippen molar-refractivity contribution in [2.24, 2.45) is 0 Å². The summed E-state index contributed by atoms with van der Waals surface area (Å²) in [5.41, 5.74) is 14.9. The number of benzene rings is 4. The quantitative estimate of drug-likeness (QED) is 0.232. The summed E-state index contributed by atoms with van der Waals surface area (Å²) in [7, 11) is 0. The summed E-state index contributed by atoms with van der Waals surface area (Å²) in [6.45, 7) is 13.9. The highest BCUT2D eigenvalue weighted by atomic mass is 14.3. The SMILES string of the molecule is CC(C)(C)c1ccc2c(c1)-c1c(ccc3c4c(ccc13)Cc1ccc(C(C)(C)C)cc1-4)C2. The Balaban J connectivity index is 1.61. The Morgan fingerprint density at radius 1 is 0.469 bits per heavy atom.